The van der Waals surface area contributed by atoms with Gasteiger partial charge < -0.3 is 5.32 Å². The van der Waals surface area contributed by atoms with Crippen molar-refractivity contribution < 1.29 is 0 Å². The van der Waals surface area contributed by atoms with Crippen LogP contribution in [0.15, 0.2) is 48.5 Å². The van der Waals surface area contributed by atoms with Gasteiger partial charge in [-0.3, -0.25) is 0 Å². The van der Waals surface area contributed by atoms with Gasteiger partial charge >= 0.3 is 0 Å². The maximum absolute atomic E-state index is 3.49. The first-order valence-corrected chi connectivity index (χ1v) is 6.78. The average Bonchev–Trinajstić information content (AvgIpc) is 2.66. The van der Waals surface area contributed by atoms with Crippen LogP contribution < -0.4 is 5.32 Å². The summed E-state index contributed by atoms with van der Waals surface area (Å²) >= 11 is 0. The Balaban J connectivity index is 1.92. The number of hydrogen-bond donors (Lipinski definition) is 1. The predicted molar refractivity (Wildman–Crippen MR) is 76.0 cm³/mol. The van der Waals surface area contributed by atoms with Crippen molar-refractivity contribution in [1.29, 1.82) is 0 Å². The third-order valence-electron chi connectivity index (χ3n) is 3.73. The van der Waals surface area contributed by atoms with Crippen molar-refractivity contribution in [3.05, 3.63) is 70.8 Å². The molecule has 3 rings (SSSR count). The molecule has 2 aromatic carbocycles. The van der Waals surface area contributed by atoms with E-state index in [1.807, 2.05) is 0 Å². The van der Waals surface area contributed by atoms with Crippen molar-refractivity contribution in [2.45, 2.75) is 19.3 Å². The van der Waals surface area contributed by atoms with Gasteiger partial charge in [0.25, 0.3) is 0 Å². The van der Waals surface area contributed by atoms with Gasteiger partial charge in [-0.25, -0.2) is 0 Å². The fourth-order valence-electron chi connectivity index (χ4n) is 2.79. The molecule has 0 fully saturated rings. The first-order chi connectivity index (χ1) is 8.93. The molecule has 1 heteroatoms. The number of fused-ring (bicyclic) bond motifs is 1. The lowest BCUT2D eigenvalue weighted by molar-refractivity contribution is 0.710. The van der Waals surface area contributed by atoms with Crippen LogP contribution in [0.3, 0.4) is 0 Å². The van der Waals surface area contributed by atoms with Crippen molar-refractivity contribution in [1.82, 2.24) is 5.32 Å². The van der Waals surface area contributed by atoms with Crippen LogP contribution in [0.25, 0.3) is 0 Å². The van der Waals surface area contributed by atoms with Gasteiger partial charge in [0.15, 0.2) is 0 Å². The van der Waals surface area contributed by atoms with E-state index in [0.717, 1.165) is 25.9 Å². The van der Waals surface area contributed by atoms with Crippen LogP contribution in [0.5, 0.6) is 0 Å². The molecule has 1 aliphatic heterocycles. The highest BCUT2D eigenvalue weighted by molar-refractivity contribution is 5.39. The van der Waals surface area contributed by atoms with Gasteiger partial charge in [-0.2, -0.15) is 0 Å². The number of rotatable bonds is 2. The Morgan fingerprint density at radius 2 is 1.67 bits per heavy atom. The minimum absolute atomic E-state index is 1.06. The molecule has 0 saturated heterocycles. The zero-order valence-corrected chi connectivity index (χ0v) is 10.7. The van der Waals surface area contributed by atoms with E-state index in [0.29, 0.717) is 0 Å². The molecule has 0 amide bonds. The van der Waals surface area contributed by atoms with E-state index in [2.05, 4.69) is 53.8 Å². The van der Waals surface area contributed by atoms with E-state index < -0.39 is 0 Å². The Bertz CT molecular complexity index is 516. The highest BCUT2D eigenvalue weighted by Crippen LogP contribution is 2.20. The first kappa shape index (κ1) is 11.5. The highest BCUT2D eigenvalue weighted by atomic mass is 14.8. The molecule has 0 saturated carbocycles. The summed E-state index contributed by atoms with van der Waals surface area (Å²) in [6.07, 6.45) is 3.39. The molecule has 0 aliphatic carbocycles. The Hall–Kier alpha value is -1.60. The van der Waals surface area contributed by atoms with E-state index in [4.69, 9.17) is 0 Å². The number of hydrogen-bond acceptors (Lipinski definition) is 1. The molecule has 1 heterocycles. The van der Waals surface area contributed by atoms with Gasteiger partial charge in [0.05, 0.1) is 0 Å². The summed E-state index contributed by atoms with van der Waals surface area (Å²) in [6, 6.07) is 17.6. The number of nitrogens with one attached hydrogen (secondary N) is 1. The maximum atomic E-state index is 3.49. The zero-order valence-electron chi connectivity index (χ0n) is 10.7. The second-order valence-electron chi connectivity index (χ2n) is 4.97. The topological polar surface area (TPSA) is 12.0 Å². The van der Waals surface area contributed by atoms with Crippen LogP contribution in [0.4, 0.5) is 0 Å². The van der Waals surface area contributed by atoms with E-state index in [-0.39, 0.29) is 0 Å². The fourth-order valence-corrected chi connectivity index (χ4v) is 2.79. The van der Waals surface area contributed by atoms with E-state index in [1.165, 1.54) is 23.1 Å². The van der Waals surface area contributed by atoms with Crippen LogP contribution in [0, 0.1) is 0 Å². The van der Waals surface area contributed by atoms with E-state index in [9.17, 15) is 0 Å². The molecule has 0 spiro atoms. The molecule has 2 aromatic rings. The molecule has 92 valence electrons. The summed E-state index contributed by atoms with van der Waals surface area (Å²) in [7, 11) is 0. The largest absolute Gasteiger partial charge is 0.316 e. The van der Waals surface area contributed by atoms with E-state index in [1.54, 1.807) is 5.56 Å². The maximum Gasteiger partial charge on any atom is -0.000802 e. The molecule has 0 atom stereocenters. The van der Waals surface area contributed by atoms with Gasteiger partial charge in [0.1, 0.15) is 0 Å². The summed E-state index contributed by atoms with van der Waals surface area (Å²) in [4.78, 5) is 0. The fraction of sp³-hybridized carbons (Fsp3) is 0.294. The summed E-state index contributed by atoms with van der Waals surface area (Å²) < 4.78 is 0. The summed E-state index contributed by atoms with van der Waals surface area (Å²) in [5.74, 6) is 0. The Morgan fingerprint density at radius 1 is 0.833 bits per heavy atom. The van der Waals surface area contributed by atoms with Crippen molar-refractivity contribution in [3.63, 3.8) is 0 Å². The third kappa shape index (κ3) is 2.46. The average molecular weight is 237 g/mol. The molecule has 0 bridgehead atoms. The molecular weight excluding hydrogens is 218 g/mol. The van der Waals surface area contributed by atoms with Gasteiger partial charge in [0, 0.05) is 0 Å². The van der Waals surface area contributed by atoms with Gasteiger partial charge in [-0.1, -0.05) is 48.5 Å². The van der Waals surface area contributed by atoms with Crippen LogP contribution >= 0.6 is 0 Å². The molecular formula is C17H19N. The van der Waals surface area contributed by atoms with Crippen molar-refractivity contribution in [2.75, 3.05) is 13.1 Å². The van der Waals surface area contributed by atoms with Crippen molar-refractivity contribution >= 4 is 0 Å². The van der Waals surface area contributed by atoms with Crippen molar-refractivity contribution in [2.24, 2.45) is 0 Å². The molecule has 1 N–H and O–H groups in total. The Labute approximate surface area is 109 Å². The molecule has 1 nitrogen and oxygen atoms in total. The first-order valence-electron chi connectivity index (χ1n) is 6.78. The lowest BCUT2D eigenvalue weighted by Crippen LogP contribution is -2.16. The Morgan fingerprint density at radius 3 is 2.56 bits per heavy atom. The molecule has 1 aliphatic rings. The van der Waals surface area contributed by atoms with Crippen LogP contribution in [-0.2, 0) is 19.3 Å². The normalized spacial score (nSPS) is 14.9. The quantitative estimate of drug-likeness (QED) is 0.846. The van der Waals surface area contributed by atoms with Crippen LogP contribution in [0.1, 0.15) is 22.3 Å². The minimum Gasteiger partial charge on any atom is -0.316 e. The number of benzene rings is 2. The highest BCUT2D eigenvalue weighted by Gasteiger charge is 2.11. The molecule has 0 aromatic heterocycles. The standard InChI is InChI=1S/C17H19N/c1-2-5-14(6-3-1)13-16-8-4-7-15-9-11-18-12-10-17(15)16/h1-8,18H,9-13H2. The second kappa shape index (κ2) is 5.36. The van der Waals surface area contributed by atoms with Crippen molar-refractivity contribution in [3.8, 4) is 0 Å². The molecule has 18 heavy (non-hydrogen) atoms. The summed E-state index contributed by atoms with van der Waals surface area (Å²) in [5.41, 5.74) is 6.02. The van der Waals surface area contributed by atoms with Gasteiger partial charge in [-0.05, 0) is 54.6 Å². The summed E-state index contributed by atoms with van der Waals surface area (Å²) in [5, 5.41) is 3.49. The monoisotopic (exact) mass is 237 g/mol. The van der Waals surface area contributed by atoms with Crippen LogP contribution in [-0.4, -0.2) is 13.1 Å². The third-order valence-corrected chi connectivity index (χ3v) is 3.73. The molecule has 0 unspecified atom stereocenters. The summed E-state index contributed by atoms with van der Waals surface area (Å²) in [6.45, 7) is 2.22. The SMILES string of the molecule is c1ccc(Cc2cccc3c2CCNCC3)cc1. The lowest BCUT2D eigenvalue weighted by atomic mass is 9.93. The molecule has 0 radical (unpaired) electrons. The second-order valence-corrected chi connectivity index (χ2v) is 4.97. The Kier molecular flexibility index (Phi) is 3.42. The minimum atomic E-state index is 1.06. The lowest BCUT2D eigenvalue weighted by Gasteiger charge is -2.12. The smallest absolute Gasteiger partial charge is 0.000802 e. The zero-order chi connectivity index (χ0) is 12.2. The van der Waals surface area contributed by atoms with E-state index >= 15 is 0 Å². The van der Waals surface area contributed by atoms with Gasteiger partial charge in [-0.15, -0.1) is 0 Å². The van der Waals surface area contributed by atoms with Gasteiger partial charge in [0.2, 0.25) is 0 Å². The predicted octanol–water partition coefficient (Wildman–Crippen LogP) is 2.97. The van der Waals surface area contributed by atoms with Crippen LogP contribution in [0.2, 0.25) is 0 Å².